The molecule has 150 valence electrons. The number of aryl methyl sites for hydroxylation is 1. The Bertz CT molecular complexity index is 783. The van der Waals surface area contributed by atoms with Crippen molar-refractivity contribution in [3.8, 4) is 0 Å². The maximum atomic E-state index is 13.1. The van der Waals surface area contributed by atoms with Crippen molar-refractivity contribution in [2.45, 2.75) is 43.9 Å². The number of carboxylic acid groups (broad SMARTS) is 1. The first-order valence-corrected chi connectivity index (χ1v) is 10.7. The van der Waals surface area contributed by atoms with Gasteiger partial charge in [-0.25, -0.2) is 8.42 Å². The molecule has 1 aliphatic rings. The molecule has 0 aromatic heterocycles. The van der Waals surface area contributed by atoms with E-state index >= 15 is 0 Å². The minimum absolute atomic E-state index is 0.00832. The summed E-state index contributed by atoms with van der Waals surface area (Å²) >= 11 is 0. The van der Waals surface area contributed by atoms with E-state index in [-0.39, 0.29) is 30.2 Å². The molecule has 0 atom stereocenters. The van der Waals surface area contributed by atoms with Gasteiger partial charge in [0.25, 0.3) is 0 Å². The van der Waals surface area contributed by atoms with Crippen LogP contribution in [0.3, 0.4) is 0 Å². The molecule has 7 nitrogen and oxygen atoms in total. The fourth-order valence-corrected chi connectivity index (χ4v) is 5.12. The van der Waals surface area contributed by atoms with E-state index in [1.54, 1.807) is 36.5 Å². The number of aliphatic carboxylic acids is 1. The van der Waals surface area contributed by atoms with Gasteiger partial charge in [0.2, 0.25) is 10.0 Å². The third-order valence-corrected chi connectivity index (χ3v) is 6.73. The third kappa shape index (κ3) is 6.12. The molecule has 1 N–H and O–H groups in total. The standard InChI is InChI=1S/C19H28N2O5S/c1-15-7-8-16(11-17(22)13-20(2)14-19(23)24)12-18(15)27(25,26)21-9-5-3-4-6-10-21/h7-8,12H,3-6,9-11,13-14H2,1-2H3,(H,23,24). The first-order chi connectivity index (χ1) is 12.7. The molecule has 1 aliphatic heterocycles. The quantitative estimate of drug-likeness (QED) is 0.718. The van der Waals surface area contributed by atoms with Gasteiger partial charge in [0.05, 0.1) is 18.0 Å². The average molecular weight is 397 g/mol. The summed E-state index contributed by atoms with van der Waals surface area (Å²) < 4.78 is 27.7. The van der Waals surface area contributed by atoms with Crippen molar-refractivity contribution in [2.75, 3.05) is 33.2 Å². The number of rotatable bonds is 8. The van der Waals surface area contributed by atoms with E-state index in [1.165, 1.54) is 4.90 Å². The molecule has 0 amide bonds. The maximum Gasteiger partial charge on any atom is 0.317 e. The van der Waals surface area contributed by atoms with E-state index < -0.39 is 16.0 Å². The minimum Gasteiger partial charge on any atom is -0.480 e. The first-order valence-electron chi connectivity index (χ1n) is 9.22. The summed E-state index contributed by atoms with van der Waals surface area (Å²) in [7, 11) is -2.01. The van der Waals surface area contributed by atoms with Gasteiger partial charge in [-0.3, -0.25) is 14.5 Å². The Morgan fingerprint density at radius 1 is 1.11 bits per heavy atom. The molecule has 1 saturated heterocycles. The third-order valence-electron chi connectivity index (χ3n) is 4.69. The van der Waals surface area contributed by atoms with Crippen LogP contribution < -0.4 is 0 Å². The lowest BCUT2D eigenvalue weighted by atomic mass is 10.1. The van der Waals surface area contributed by atoms with E-state index in [9.17, 15) is 18.0 Å². The van der Waals surface area contributed by atoms with Crippen molar-refractivity contribution >= 4 is 21.8 Å². The summed E-state index contributed by atoms with van der Waals surface area (Å²) in [6.45, 7) is 2.62. The molecular weight excluding hydrogens is 368 g/mol. The first kappa shape index (κ1) is 21.5. The highest BCUT2D eigenvalue weighted by molar-refractivity contribution is 7.89. The van der Waals surface area contributed by atoms with Crippen molar-refractivity contribution in [2.24, 2.45) is 0 Å². The Hall–Kier alpha value is -1.77. The summed E-state index contributed by atoms with van der Waals surface area (Å²) in [4.78, 5) is 24.6. The van der Waals surface area contributed by atoms with Gasteiger partial charge < -0.3 is 5.11 Å². The number of nitrogens with zero attached hydrogens (tertiary/aromatic N) is 2. The molecule has 1 aromatic carbocycles. The lowest BCUT2D eigenvalue weighted by Crippen LogP contribution is -2.33. The molecule has 0 aliphatic carbocycles. The summed E-state index contributed by atoms with van der Waals surface area (Å²) in [5, 5.41) is 8.76. The van der Waals surface area contributed by atoms with E-state index in [0.29, 0.717) is 24.2 Å². The smallest absolute Gasteiger partial charge is 0.317 e. The van der Waals surface area contributed by atoms with E-state index in [1.807, 2.05) is 0 Å². The number of carboxylic acids is 1. The summed E-state index contributed by atoms with van der Waals surface area (Å²) in [6.07, 6.45) is 3.90. The highest BCUT2D eigenvalue weighted by Crippen LogP contribution is 2.24. The summed E-state index contributed by atoms with van der Waals surface area (Å²) in [5.74, 6) is -1.15. The van der Waals surface area contributed by atoms with Crippen LogP contribution in [-0.4, -0.2) is 67.7 Å². The van der Waals surface area contributed by atoms with Crippen LogP contribution in [0.2, 0.25) is 0 Å². The Labute approximate surface area is 161 Å². The number of Topliss-reactive ketones (excluding diaryl/α,β-unsaturated/α-hetero) is 1. The normalized spacial score (nSPS) is 16.3. The molecule has 2 rings (SSSR count). The van der Waals surface area contributed by atoms with Crippen molar-refractivity contribution in [3.05, 3.63) is 29.3 Å². The van der Waals surface area contributed by atoms with Crippen LogP contribution in [-0.2, 0) is 26.0 Å². The second-order valence-corrected chi connectivity index (χ2v) is 9.11. The van der Waals surface area contributed by atoms with Crippen molar-refractivity contribution < 1.29 is 23.1 Å². The van der Waals surface area contributed by atoms with Gasteiger partial charge in [0.15, 0.2) is 5.78 Å². The van der Waals surface area contributed by atoms with Gasteiger partial charge in [-0.1, -0.05) is 25.0 Å². The number of likely N-dealkylation sites (N-methyl/N-ethyl adjacent to an activating group) is 1. The van der Waals surface area contributed by atoms with Gasteiger partial charge in [-0.15, -0.1) is 0 Å². The highest BCUT2D eigenvalue weighted by atomic mass is 32.2. The van der Waals surface area contributed by atoms with Gasteiger partial charge in [0.1, 0.15) is 0 Å². The number of hydrogen-bond acceptors (Lipinski definition) is 5. The Kier molecular flexibility index (Phi) is 7.52. The zero-order chi connectivity index (χ0) is 20.0. The SMILES string of the molecule is Cc1ccc(CC(=O)CN(C)CC(=O)O)cc1S(=O)(=O)N1CCCCCC1. The number of hydrogen-bond donors (Lipinski definition) is 1. The topological polar surface area (TPSA) is 95.0 Å². The van der Waals surface area contributed by atoms with Crippen LogP contribution >= 0.6 is 0 Å². The fourth-order valence-electron chi connectivity index (χ4n) is 3.32. The second kappa shape index (κ2) is 9.43. The van der Waals surface area contributed by atoms with E-state index in [4.69, 9.17) is 5.11 Å². The Morgan fingerprint density at radius 2 is 1.74 bits per heavy atom. The minimum atomic E-state index is -3.58. The van der Waals surface area contributed by atoms with Gasteiger partial charge in [-0.05, 0) is 44.0 Å². The highest BCUT2D eigenvalue weighted by Gasteiger charge is 2.27. The molecular formula is C19H28N2O5S. The Balaban J connectivity index is 2.15. The lowest BCUT2D eigenvalue weighted by molar-refractivity contribution is -0.138. The van der Waals surface area contributed by atoms with Crippen molar-refractivity contribution in [1.82, 2.24) is 9.21 Å². The molecule has 0 saturated carbocycles. The molecule has 0 spiro atoms. The number of ketones is 1. The molecule has 1 aromatic rings. The lowest BCUT2D eigenvalue weighted by Gasteiger charge is -2.21. The molecule has 1 fully saturated rings. The number of sulfonamides is 1. The number of carbonyl (C=O) groups is 2. The van der Waals surface area contributed by atoms with E-state index in [2.05, 4.69) is 0 Å². The van der Waals surface area contributed by atoms with Crippen LogP contribution in [0.1, 0.15) is 36.8 Å². The van der Waals surface area contributed by atoms with Crippen molar-refractivity contribution in [1.29, 1.82) is 0 Å². The molecule has 0 unspecified atom stereocenters. The van der Waals surface area contributed by atoms with Crippen LogP contribution in [0, 0.1) is 6.92 Å². The van der Waals surface area contributed by atoms with Crippen LogP contribution in [0.15, 0.2) is 23.1 Å². The van der Waals surface area contributed by atoms with Crippen LogP contribution in [0.4, 0.5) is 0 Å². The van der Waals surface area contributed by atoms with Crippen molar-refractivity contribution in [3.63, 3.8) is 0 Å². The predicted octanol–water partition coefficient (Wildman–Crippen LogP) is 1.69. The maximum absolute atomic E-state index is 13.1. The van der Waals surface area contributed by atoms with Gasteiger partial charge >= 0.3 is 5.97 Å². The number of benzene rings is 1. The monoisotopic (exact) mass is 396 g/mol. The largest absolute Gasteiger partial charge is 0.480 e. The van der Waals surface area contributed by atoms with Gasteiger partial charge in [0, 0.05) is 19.5 Å². The van der Waals surface area contributed by atoms with Crippen LogP contribution in [0.5, 0.6) is 0 Å². The zero-order valence-corrected chi connectivity index (χ0v) is 16.8. The predicted molar refractivity (Wildman–Crippen MR) is 102 cm³/mol. The molecule has 0 radical (unpaired) electrons. The van der Waals surface area contributed by atoms with Crippen LogP contribution in [0.25, 0.3) is 0 Å². The zero-order valence-electron chi connectivity index (χ0n) is 16.0. The Morgan fingerprint density at radius 3 is 2.33 bits per heavy atom. The molecule has 0 bridgehead atoms. The molecule has 8 heteroatoms. The van der Waals surface area contributed by atoms with Gasteiger partial charge in [-0.2, -0.15) is 4.31 Å². The molecule has 27 heavy (non-hydrogen) atoms. The summed E-state index contributed by atoms with van der Waals surface area (Å²) in [6, 6.07) is 5.07. The fraction of sp³-hybridized carbons (Fsp3) is 0.579. The number of carbonyl (C=O) groups excluding carboxylic acids is 1. The molecule has 1 heterocycles. The summed E-state index contributed by atoms with van der Waals surface area (Å²) in [5.41, 5.74) is 1.29. The second-order valence-electron chi connectivity index (χ2n) is 7.20. The van der Waals surface area contributed by atoms with E-state index in [0.717, 1.165) is 25.7 Å². The average Bonchev–Trinajstić information content (AvgIpc) is 2.85.